The Morgan fingerprint density at radius 2 is 2.12 bits per heavy atom. The van der Waals surface area contributed by atoms with Gasteiger partial charge < -0.3 is 14.8 Å². The van der Waals surface area contributed by atoms with Crippen molar-refractivity contribution < 1.29 is 14.3 Å². The Morgan fingerprint density at radius 1 is 1.44 bits per heavy atom. The van der Waals surface area contributed by atoms with Crippen molar-refractivity contribution in [3.8, 4) is 0 Å². The van der Waals surface area contributed by atoms with Gasteiger partial charge in [-0.15, -0.1) is 6.58 Å². The van der Waals surface area contributed by atoms with Gasteiger partial charge in [0.1, 0.15) is 6.10 Å². The molecule has 0 aromatic rings. The van der Waals surface area contributed by atoms with Crippen molar-refractivity contribution in [3.05, 3.63) is 12.7 Å². The van der Waals surface area contributed by atoms with Crippen LogP contribution in [0.5, 0.6) is 0 Å². The van der Waals surface area contributed by atoms with Crippen LogP contribution in [0.1, 0.15) is 32.6 Å². The molecule has 4 heteroatoms. The fraction of sp³-hybridized carbons (Fsp3) is 0.750. The molecule has 0 saturated carbocycles. The van der Waals surface area contributed by atoms with Gasteiger partial charge in [0.15, 0.2) is 0 Å². The summed E-state index contributed by atoms with van der Waals surface area (Å²) in [6.07, 6.45) is 5.06. The van der Waals surface area contributed by atoms with E-state index >= 15 is 0 Å². The van der Waals surface area contributed by atoms with Crippen molar-refractivity contribution in [3.63, 3.8) is 0 Å². The monoisotopic (exact) mass is 229 g/mol. The van der Waals surface area contributed by atoms with E-state index in [1.54, 1.807) is 0 Å². The first-order valence-electron chi connectivity index (χ1n) is 5.66. The molecule has 2 unspecified atom stereocenters. The molecule has 0 spiro atoms. The molecule has 4 nitrogen and oxygen atoms in total. The van der Waals surface area contributed by atoms with E-state index in [1.165, 1.54) is 7.11 Å². The van der Waals surface area contributed by atoms with E-state index in [2.05, 4.69) is 16.6 Å². The molecule has 94 valence electrons. The Hall–Kier alpha value is -1.03. The minimum absolute atomic E-state index is 0.105. The highest BCUT2D eigenvalue weighted by molar-refractivity contribution is 5.59. The van der Waals surface area contributed by atoms with Gasteiger partial charge in [0.2, 0.25) is 0 Å². The minimum Gasteiger partial charge on any atom is -0.438 e. The summed E-state index contributed by atoms with van der Waals surface area (Å²) in [6.45, 7) is 5.57. The van der Waals surface area contributed by atoms with Crippen molar-refractivity contribution in [1.29, 1.82) is 0 Å². The summed E-state index contributed by atoms with van der Waals surface area (Å²) >= 11 is 0. The predicted octanol–water partition coefficient (Wildman–Crippen LogP) is 2.49. The molecule has 2 atom stereocenters. The fourth-order valence-corrected chi connectivity index (χ4v) is 1.46. The van der Waals surface area contributed by atoms with E-state index < -0.39 is 6.16 Å². The summed E-state index contributed by atoms with van der Waals surface area (Å²) < 4.78 is 9.42. The highest BCUT2D eigenvalue weighted by atomic mass is 16.7. The maximum absolute atomic E-state index is 10.8. The largest absolute Gasteiger partial charge is 0.508 e. The molecular weight excluding hydrogens is 206 g/mol. The van der Waals surface area contributed by atoms with Gasteiger partial charge in [-0.2, -0.15) is 0 Å². The van der Waals surface area contributed by atoms with Gasteiger partial charge in [0.25, 0.3) is 0 Å². The SMILES string of the molecule is C=CCCC(CCC(C)OC(=O)OC)NC. The highest BCUT2D eigenvalue weighted by Gasteiger charge is 2.12. The highest BCUT2D eigenvalue weighted by Crippen LogP contribution is 2.09. The van der Waals surface area contributed by atoms with Crippen LogP contribution in [0.25, 0.3) is 0 Å². The van der Waals surface area contributed by atoms with Crippen LogP contribution in [-0.2, 0) is 9.47 Å². The van der Waals surface area contributed by atoms with E-state index in [9.17, 15) is 4.79 Å². The molecule has 0 aliphatic carbocycles. The molecule has 0 aromatic heterocycles. The van der Waals surface area contributed by atoms with Crippen LogP contribution in [0.3, 0.4) is 0 Å². The Labute approximate surface area is 98.0 Å². The molecule has 0 radical (unpaired) electrons. The Balaban J connectivity index is 3.73. The molecule has 0 amide bonds. The number of hydrogen-bond acceptors (Lipinski definition) is 4. The van der Waals surface area contributed by atoms with Gasteiger partial charge in [-0.25, -0.2) is 4.79 Å². The number of carbonyl (C=O) groups is 1. The number of nitrogens with one attached hydrogen (secondary N) is 1. The molecule has 0 aromatic carbocycles. The Kier molecular flexibility index (Phi) is 8.62. The number of rotatable bonds is 8. The van der Waals surface area contributed by atoms with Crippen LogP contribution in [0.15, 0.2) is 12.7 Å². The van der Waals surface area contributed by atoms with E-state index in [1.807, 2.05) is 20.0 Å². The van der Waals surface area contributed by atoms with Crippen molar-refractivity contribution in [2.24, 2.45) is 0 Å². The second-order valence-corrected chi connectivity index (χ2v) is 3.81. The molecule has 0 aliphatic rings. The van der Waals surface area contributed by atoms with Crippen molar-refractivity contribution in [2.45, 2.75) is 44.8 Å². The molecule has 0 bridgehead atoms. The average Bonchev–Trinajstić information content (AvgIpc) is 2.29. The zero-order valence-corrected chi connectivity index (χ0v) is 10.5. The minimum atomic E-state index is -0.611. The summed E-state index contributed by atoms with van der Waals surface area (Å²) in [5.41, 5.74) is 0. The van der Waals surface area contributed by atoms with Gasteiger partial charge >= 0.3 is 6.16 Å². The van der Waals surface area contributed by atoms with E-state index in [4.69, 9.17) is 4.74 Å². The van der Waals surface area contributed by atoms with Crippen LogP contribution in [-0.4, -0.2) is 32.5 Å². The lowest BCUT2D eigenvalue weighted by Gasteiger charge is -2.18. The summed E-state index contributed by atoms with van der Waals surface area (Å²) in [7, 11) is 3.26. The lowest BCUT2D eigenvalue weighted by Crippen LogP contribution is -2.27. The van der Waals surface area contributed by atoms with Crippen LogP contribution in [0.4, 0.5) is 4.79 Å². The molecule has 0 aliphatic heterocycles. The van der Waals surface area contributed by atoms with Crippen LogP contribution in [0.2, 0.25) is 0 Å². The van der Waals surface area contributed by atoms with Crippen molar-refractivity contribution in [2.75, 3.05) is 14.2 Å². The number of methoxy groups -OCH3 is 1. The second kappa shape index (κ2) is 9.21. The standard InChI is InChI=1S/C12H23NO3/c1-5-6-7-11(13-3)9-8-10(2)16-12(14)15-4/h5,10-11,13H,1,6-9H2,2-4H3. The third kappa shape index (κ3) is 7.29. The van der Waals surface area contributed by atoms with Gasteiger partial charge in [-0.05, 0) is 39.7 Å². The third-order valence-electron chi connectivity index (χ3n) is 2.51. The summed E-state index contributed by atoms with van der Waals surface area (Å²) in [4.78, 5) is 10.8. The predicted molar refractivity (Wildman–Crippen MR) is 64.5 cm³/mol. The molecule has 1 N–H and O–H groups in total. The normalized spacial score (nSPS) is 13.9. The number of allylic oxidation sites excluding steroid dienone is 1. The Morgan fingerprint density at radius 3 is 2.62 bits per heavy atom. The lowest BCUT2D eigenvalue weighted by atomic mass is 10.0. The number of carbonyl (C=O) groups excluding carboxylic acids is 1. The zero-order chi connectivity index (χ0) is 12.4. The Bertz CT molecular complexity index is 206. The van der Waals surface area contributed by atoms with E-state index in [0.29, 0.717) is 6.04 Å². The second-order valence-electron chi connectivity index (χ2n) is 3.81. The van der Waals surface area contributed by atoms with Crippen LogP contribution < -0.4 is 5.32 Å². The summed E-state index contributed by atoms with van der Waals surface area (Å²) in [5.74, 6) is 0. The van der Waals surface area contributed by atoms with E-state index in [-0.39, 0.29) is 6.10 Å². The summed E-state index contributed by atoms with van der Waals surface area (Å²) in [5, 5.41) is 3.24. The lowest BCUT2D eigenvalue weighted by molar-refractivity contribution is 0.0390. The molecule has 16 heavy (non-hydrogen) atoms. The van der Waals surface area contributed by atoms with Crippen molar-refractivity contribution >= 4 is 6.16 Å². The van der Waals surface area contributed by atoms with Gasteiger partial charge in [-0.1, -0.05) is 6.08 Å². The fourth-order valence-electron chi connectivity index (χ4n) is 1.46. The zero-order valence-electron chi connectivity index (χ0n) is 10.5. The third-order valence-corrected chi connectivity index (χ3v) is 2.51. The summed E-state index contributed by atoms with van der Waals surface area (Å²) in [6, 6.07) is 0.446. The van der Waals surface area contributed by atoms with E-state index in [0.717, 1.165) is 25.7 Å². The van der Waals surface area contributed by atoms with Crippen LogP contribution >= 0.6 is 0 Å². The number of hydrogen-bond donors (Lipinski definition) is 1. The van der Waals surface area contributed by atoms with Crippen LogP contribution in [0, 0.1) is 0 Å². The molecule has 0 saturated heterocycles. The molecule has 0 heterocycles. The van der Waals surface area contributed by atoms with Gasteiger partial charge in [0, 0.05) is 6.04 Å². The first-order valence-corrected chi connectivity index (χ1v) is 5.66. The maximum atomic E-state index is 10.8. The number of ether oxygens (including phenoxy) is 2. The maximum Gasteiger partial charge on any atom is 0.508 e. The molecular formula is C12H23NO3. The van der Waals surface area contributed by atoms with Gasteiger partial charge in [-0.3, -0.25) is 0 Å². The molecule has 0 rings (SSSR count). The first-order chi connectivity index (χ1) is 7.63. The average molecular weight is 229 g/mol. The smallest absolute Gasteiger partial charge is 0.438 e. The quantitative estimate of drug-likeness (QED) is 0.513. The topological polar surface area (TPSA) is 47.6 Å². The van der Waals surface area contributed by atoms with Crippen molar-refractivity contribution in [1.82, 2.24) is 5.32 Å². The van der Waals surface area contributed by atoms with Gasteiger partial charge in [0.05, 0.1) is 7.11 Å². The molecule has 0 fully saturated rings. The first kappa shape index (κ1) is 15.0.